The summed E-state index contributed by atoms with van der Waals surface area (Å²) in [5, 5.41) is 13.4. The molecule has 2 N–H and O–H groups in total. The van der Waals surface area contributed by atoms with Crippen LogP contribution in [-0.4, -0.2) is 47.7 Å². The Morgan fingerprint density at radius 1 is 1.62 bits per heavy atom. The number of aliphatic hydroxyl groups is 1. The number of rotatable bonds is 6. The van der Waals surface area contributed by atoms with Gasteiger partial charge >= 0.3 is 0 Å². The van der Waals surface area contributed by atoms with Gasteiger partial charge in [0.15, 0.2) is 5.16 Å². The second kappa shape index (κ2) is 6.90. The third-order valence-corrected chi connectivity index (χ3v) is 2.48. The molecule has 1 aromatic rings. The zero-order valence-corrected chi connectivity index (χ0v) is 10.7. The first-order valence-corrected chi connectivity index (χ1v) is 6.25. The van der Waals surface area contributed by atoms with Crippen LogP contribution in [0.25, 0.3) is 0 Å². The van der Waals surface area contributed by atoms with E-state index in [-0.39, 0.29) is 6.61 Å². The minimum atomic E-state index is -0.573. The monoisotopic (exact) mass is 263 g/mol. The summed E-state index contributed by atoms with van der Waals surface area (Å²) in [4.78, 5) is 8.19. The number of ether oxygens (including phenoxy) is 1. The fourth-order valence-electron chi connectivity index (χ4n) is 1.05. The Kier molecular flexibility index (Phi) is 5.83. The van der Waals surface area contributed by atoms with E-state index >= 15 is 0 Å². The highest BCUT2D eigenvalue weighted by atomic mass is 35.5. The maximum atomic E-state index is 9.44. The van der Waals surface area contributed by atoms with Crippen LogP contribution in [0.15, 0.2) is 11.2 Å². The summed E-state index contributed by atoms with van der Waals surface area (Å²) in [6.45, 7) is 0.635. The van der Waals surface area contributed by atoms with Crippen molar-refractivity contribution in [3.63, 3.8) is 0 Å². The number of thioether (sulfide) groups is 1. The number of nitrogens with one attached hydrogen (secondary N) is 1. The van der Waals surface area contributed by atoms with E-state index in [4.69, 9.17) is 16.3 Å². The van der Waals surface area contributed by atoms with Crippen LogP contribution in [0.5, 0.6) is 0 Å². The Hall–Kier alpha value is -0.560. The maximum Gasteiger partial charge on any atom is 0.190 e. The lowest BCUT2D eigenvalue weighted by molar-refractivity contribution is 0.0727. The van der Waals surface area contributed by atoms with E-state index in [0.29, 0.717) is 22.7 Å². The first kappa shape index (κ1) is 13.5. The van der Waals surface area contributed by atoms with Crippen molar-refractivity contribution in [2.45, 2.75) is 11.3 Å². The van der Waals surface area contributed by atoms with Gasteiger partial charge in [0, 0.05) is 19.7 Å². The van der Waals surface area contributed by atoms with Crippen LogP contribution < -0.4 is 5.32 Å². The summed E-state index contributed by atoms with van der Waals surface area (Å²) >= 11 is 7.22. The molecule has 0 fully saturated rings. The van der Waals surface area contributed by atoms with Gasteiger partial charge in [-0.2, -0.15) is 0 Å². The number of anilines is 1. The Morgan fingerprint density at radius 2 is 2.38 bits per heavy atom. The summed E-state index contributed by atoms with van der Waals surface area (Å²) in [5.74, 6) is 0.597. The van der Waals surface area contributed by atoms with Gasteiger partial charge in [0.05, 0.1) is 12.7 Å². The predicted molar refractivity (Wildman–Crippen MR) is 65.2 cm³/mol. The molecule has 1 unspecified atom stereocenters. The van der Waals surface area contributed by atoms with Crippen LogP contribution in [0, 0.1) is 0 Å². The highest BCUT2D eigenvalue weighted by molar-refractivity contribution is 7.98. The van der Waals surface area contributed by atoms with E-state index in [1.54, 1.807) is 6.07 Å². The molecular formula is C9H14ClN3O2S. The Labute approximate surface area is 104 Å². The average molecular weight is 264 g/mol. The van der Waals surface area contributed by atoms with Gasteiger partial charge in [0.1, 0.15) is 11.0 Å². The normalized spacial score (nSPS) is 12.5. The minimum absolute atomic E-state index is 0.279. The summed E-state index contributed by atoms with van der Waals surface area (Å²) < 4.78 is 4.81. The molecule has 0 bridgehead atoms. The smallest absolute Gasteiger partial charge is 0.190 e. The SMILES string of the molecule is COCC(O)CNc1cc(Cl)nc(SC)n1. The molecule has 0 radical (unpaired) electrons. The molecule has 1 atom stereocenters. The molecule has 0 amide bonds. The van der Waals surface area contributed by atoms with E-state index in [9.17, 15) is 5.11 Å². The lowest BCUT2D eigenvalue weighted by Crippen LogP contribution is -2.24. The van der Waals surface area contributed by atoms with Crippen LogP contribution in [0.1, 0.15) is 0 Å². The molecule has 0 saturated carbocycles. The van der Waals surface area contributed by atoms with Crippen LogP contribution >= 0.6 is 23.4 Å². The van der Waals surface area contributed by atoms with Crippen LogP contribution in [0.3, 0.4) is 0 Å². The number of halogens is 1. The molecule has 16 heavy (non-hydrogen) atoms. The number of nitrogens with zero attached hydrogens (tertiary/aromatic N) is 2. The molecule has 5 nitrogen and oxygen atoms in total. The van der Waals surface area contributed by atoms with E-state index in [1.807, 2.05) is 6.26 Å². The van der Waals surface area contributed by atoms with Gasteiger partial charge in [-0.25, -0.2) is 9.97 Å². The van der Waals surface area contributed by atoms with Gasteiger partial charge in [-0.05, 0) is 6.26 Å². The fourth-order valence-corrected chi connectivity index (χ4v) is 1.67. The van der Waals surface area contributed by atoms with Gasteiger partial charge in [0.2, 0.25) is 0 Å². The summed E-state index contributed by atoms with van der Waals surface area (Å²) in [5.41, 5.74) is 0. The van der Waals surface area contributed by atoms with Crippen molar-refractivity contribution in [1.29, 1.82) is 0 Å². The second-order valence-corrected chi connectivity index (χ2v) is 4.21. The van der Waals surface area contributed by atoms with Crippen LogP contribution in [0.2, 0.25) is 5.15 Å². The highest BCUT2D eigenvalue weighted by Crippen LogP contribution is 2.16. The molecule has 0 aromatic carbocycles. The third kappa shape index (κ3) is 4.52. The fraction of sp³-hybridized carbons (Fsp3) is 0.556. The average Bonchev–Trinajstić information content (AvgIpc) is 2.26. The molecule has 0 aliphatic rings. The first-order valence-electron chi connectivity index (χ1n) is 4.65. The van der Waals surface area contributed by atoms with Crippen molar-refractivity contribution in [2.24, 2.45) is 0 Å². The quantitative estimate of drug-likeness (QED) is 0.458. The molecule has 0 aliphatic carbocycles. The predicted octanol–water partition coefficient (Wildman–Crippen LogP) is 1.27. The summed E-state index contributed by atoms with van der Waals surface area (Å²) in [6, 6.07) is 1.61. The summed E-state index contributed by atoms with van der Waals surface area (Å²) in [6.07, 6.45) is 1.30. The van der Waals surface area contributed by atoms with Crippen molar-refractivity contribution >= 4 is 29.2 Å². The molecule has 0 aliphatic heterocycles. The molecule has 1 aromatic heterocycles. The molecule has 90 valence electrons. The Bertz CT molecular complexity index is 341. The van der Waals surface area contributed by atoms with Crippen molar-refractivity contribution in [2.75, 3.05) is 31.8 Å². The molecule has 0 spiro atoms. The van der Waals surface area contributed by atoms with Crippen molar-refractivity contribution in [3.8, 4) is 0 Å². The van der Waals surface area contributed by atoms with Gasteiger partial charge < -0.3 is 15.2 Å². The van der Waals surface area contributed by atoms with Gasteiger partial charge in [0.25, 0.3) is 0 Å². The second-order valence-electron chi connectivity index (χ2n) is 3.05. The van der Waals surface area contributed by atoms with Crippen molar-refractivity contribution < 1.29 is 9.84 Å². The molecule has 7 heteroatoms. The number of aromatic nitrogens is 2. The molecule has 1 rings (SSSR count). The van der Waals surface area contributed by atoms with Gasteiger partial charge in [-0.15, -0.1) is 0 Å². The Morgan fingerprint density at radius 3 is 3.00 bits per heavy atom. The van der Waals surface area contributed by atoms with E-state index in [2.05, 4.69) is 15.3 Å². The largest absolute Gasteiger partial charge is 0.389 e. The zero-order chi connectivity index (χ0) is 12.0. The van der Waals surface area contributed by atoms with Crippen LogP contribution in [0.4, 0.5) is 5.82 Å². The molecular weight excluding hydrogens is 250 g/mol. The maximum absolute atomic E-state index is 9.44. The number of methoxy groups -OCH3 is 1. The molecule has 1 heterocycles. The van der Waals surface area contributed by atoms with Crippen molar-refractivity contribution in [3.05, 3.63) is 11.2 Å². The Balaban J connectivity index is 2.56. The zero-order valence-electron chi connectivity index (χ0n) is 9.11. The number of hydrogen-bond acceptors (Lipinski definition) is 6. The number of hydrogen-bond donors (Lipinski definition) is 2. The topological polar surface area (TPSA) is 67.3 Å². The lowest BCUT2D eigenvalue weighted by atomic mass is 10.4. The number of aliphatic hydroxyl groups excluding tert-OH is 1. The van der Waals surface area contributed by atoms with Gasteiger partial charge in [-0.3, -0.25) is 0 Å². The van der Waals surface area contributed by atoms with E-state index in [0.717, 1.165) is 0 Å². The lowest BCUT2D eigenvalue weighted by Gasteiger charge is -2.11. The molecule has 0 saturated heterocycles. The van der Waals surface area contributed by atoms with Crippen molar-refractivity contribution in [1.82, 2.24) is 9.97 Å². The summed E-state index contributed by atoms with van der Waals surface area (Å²) in [7, 11) is 1.54. The van der Waals surface area contributed by atoms with Crippen LogP contribution in [-0.2, 0) is 4.74 Å². The van der Waals surface area contributed by atoms with E-state index in [1.165, 1.54) is 18.9 Å². The highest BCUT2D eigenvalue weighted by Gasteiger charge is 2.05. The van der Waals surface area contributed by atoms with Gasteiger partial charge in [-0.1, -0.05) is 23.4 Å². The third-order valence-electron chi connectivity index (χ3n) is 1.73. The minimum Gasteiger partial charge on any atom is -0.389 e. The first-order chi connectivity index (χ1) is 7.65. The standard InChI is InChI=1S/C9H14ClN3O2S/c1-15-5-6(14)4-11-8-3-7(10)12-9(13-8)16-2/h3,6,14H,4-5H2,1-2H3,(H,11,12,13). The van der Waals surface area contributed by atoms with E-state index < -0.39 is 6.10 Å².